The van der Waals surface area contributed by atoms with Gasteiger partial charge in [0, 0.05) is 11.0 Å². The molecule has 84 valence electrons. The molecule has 2 N–H and O–H groups in total. The number of hydrogen-bond donors (Lipinski definition) is 2. The van der Waals surface area contributed by atoms with E-state index >= 15 is 0 Å². The first-order valence-electron chi connectivity index (χ1n) is 4.58. The Kier molecular flexibility index (Phi) is 4.14. The summed E-state index contributed by atoms with van der Waals surface area (Å²) in [6.45, 7) is 1.89. The van der Waals surface area contributed by atoms with E-state index in [9.17, 15) is 9.59 Å². The van der Waals surface area contributed by atoms with E-state index in [-0.39, 0.29) is 12.1 Å². The molecule has 1 aliphatic rings. The lowest BCUT2D eigenvalue weighted by molar-refractivity contribution is -0.136. The van der Waals surface area contributed by atoms with Crippen molar-refractivity contribution in [1.29, 1.82) is 0 Å². The first-order chi connectivity index (χ1) is 7.13. The van der Waals surface area contributed by atoms with Gasteiger partial charge in [-0.25, -0.2) is 9.59 Å². The zero-order valence-electron chi connectivity index (χ0n) is 8.59. The molecule has 0 saturated heterocycles. The van der Waals surface area contributed by atoms with Gasteiger partial charge in [-0.3, -0.25) is 0 Å². The van der Waals surface area contributed by atoms with Crippen molar-refractivity contribution >= 4 is 27.9 Å². The van der Waals surface area contributed by atoms with Gasteiger partial charge in [0.15, 0.2) is 0 Å². The van der Waals surface area contributed by atoms with Crippen LogP contribution in [0.5, 0.6) is 0 Å². The van der Waals surface area contributed by atoms with Crippen LogP contribution in [0.15, 0.2) is 11.3 Å². The number of nitrogens with one attached hydrogen (secondary N) is 2. The second-order valence-electron chi connectivity index (χ2n) is 3.08. The number of alkyl halides is 1. The van der Waals surface area contributed by atoms with E-state index in [1.165, 1.54) is 7.11 Å². The minimum Gasteiger partial charge on any atom is -0.466 e. The van der Waals surface area contributed by atoms with Crippen molar-refractivity contribution in [2.45, 2.75) is 19.4 Å². The normalized spacial score (nSPS) is 20.7. The van der Waals surface area contributed by atoms with Gasteiger partial charge in [0.2, 0.25) is 0 Å². The molecule has 15 heavy (non-hydrogen) atoms. The summed E-state index contributed by atoms with van der Waals surface area (Å²) in [4.78, 5) is 22.7. The van der Waals surface area contributed by atoms with Crippen LogP contribution in [0.25, 0.3) is 0 Å². The van der Waals surface area contributed by atoms with E-state index in [2.05, 4.69) is 31.3 Å². The second kappa shape index (κ2) is 5.16. The third kappa shape index (κ3) is 2.50. The summed E-state index contributed by atoms with van der Waals surface area (Å²) in [5.41, 5.74) is 1.05. The fraction of sp³-hybridized carbons (Fsp3) is 0.556. The number of carbonyl (C=O) groups is 2. The smallest absolute Gasteiger partial charge is 0.337 e. The number of methoxy groups -OCH3 is 1. The highest BCUT2D eigenvalue weighted by Gasteiger charge is 2.30. The molecule has 0 aliphatic carbocycles. The van der Waals surface area contributed by atoms with Crippen molar-refractivity contribution in [3.8, 4) is 0 Å². The summed E-state index contributed by atoms with van der Waals surface area (Å²) >= 11 is 3.22. The topological polar surface area (TPSA) is 67.4 Å². The van der Waals surface area contributed by atoms with Crippen molar-refractivity contribution in [2.75, 3.05) is 12.4 Å². The minimum absolute atomic E-state index is 0.279. The van der Waals surface area contributed by atoms with E-state index < -0.39 is 5.97 Å². The van der Waals surface area contributed by atoms with Crippen LogP contribution < -0.4 is 10.6 Å². The first-order valence-corrected chi connectivity index (χ1v) is 5.71. The Bertz CT molecular complexity index is 314. The Hall–Kier alpha value is -1.04. The van der Waals surface area contributed by atoms with Crippen molar-refractivity contribution in [1.82, 2.24) is 10.6 Å². The van der Waals surface area contributed by atoms with Gasteiger partial charge >= 0.3 is 12.0 Å². The fourth-order valence-corrected chi connectivity index (χ4v) is 1.91. The molecule has 0 fully saturated rings. The molecule has 0 aromatic heterocycles. The van der Waals surface area contributed by atoms with Crippen LogP contribution in [0.3, 0.4) is 0 Å². The zero-order valence-corrected chi connectivity index (χ0v) is 10.2. The maximum atomic E-state index is 11.5. The monoisotopic (exact) mass is 276 g/mol. The highest BCUT2D eigenvalue weighted by atomic mass is 79.9. The third-order valence-corrected chi connectivity index (χ3v) is 2.75. The molecule has 1 heterocycles. The Balaban J connectivity index is 3.08. The van der Waals surface area contributed by atoms with Gasteiger partial charge in [0.25, 0.3) is 0 Å². The molecule has 1 atom stereocenters. The SMILES string of the molecule is CC[C@H]1NC(=O)NC(CBr)=C1C(=O)OC. The van der Waals surface area contributed by atoms with Gasteiger partial charge in [0.05, 0.1) is 18.7 Å². The van der Waals surface area contributed by atoms with Gasteiger partial charge in [-0.2, -0.15) is 0 Å². The van der Waals surface area contributed by atoms with Crippen LogP contribution in [0.1, 0.15) is 13.3 Å². The molecule has 0 aromatic carbocycles. The van der Waals surface area contributed by atoms with Crippen LogP contribution >= 0.6 is 15.9 Å². The summed E-state index contributed by atoms with van der Waals surface area (Å²) in [6, 6.07) is -0.567. The molecule has 0 spiro atoms. The number of allylic oxidation sites excluding steroid dienone is 1. The first kappa shape index (κ1) is 12.0. The van der Waals surface area contributed by atoms with E-state index in [0.29, 0.717) is 23.0 Å². The van der Waals surface area contributed by atoms with Gasteiger partial charge in [-0.1, -0.05) is 22.9 Å². The standard InChI is InChI=1S/C9H13BrN2O3/c1-3-5-7(8(13)15-2)6(4-10)12-9(14)11-5/h5H,3-4H2,1-2H3,(H2,11,12,14)/t5-/m1/s1. The van der Waals surface area contributed by atoms with Gasteiger partial charge in [-0.05, 0) is 6.42 Å². The summed E-state index contributed by atoms with van der Waals surface area (Å²) in [5, 5.41) is 5.66. The Morgan fingerprint density at radius 2 is 2.27 bits per heavy atom. The molecular formula is C9H13BrN2O3. The third-order valence-electron chi connectivity index (χ3n) is 2.19. The van der Waals surface area contributed by atoms with Crippen LogP contribution in [0.2, 0.25) is 0 Å². The number of rotatable bonds is 3. The van der Waals surface area contributed by atoms with Crippen molar-refractivity contribution in [3.05, 3.63) is 11.3 Å². The number of hydrogen-bond acceptors (Lipinski definition) is 3. The average molecular weight is 277 g/mol. The lowest BCUT2D eigenvalue weighted by Gasteiger charge is -2.27. The summed E-state index contributed by atoms with van der Waals surface area (Å²) in [5.74, 6) is -0.413. The maximum absolute atomic E-state index is 11.5. The molecule has 5 nitrogen and oxygen atoms in total. The van der Waals surface area contributed by atoms with Gasteiger partial charge in [0.1, 0.15) is 0 Å². The second-order valence-corrected chi connectivity index (χ2v) is 3.64. The number of esters is 1. The van der Waals surface area contributed by atoms with Crippen LogP contribution in [0.4, 0.5) is 4.79 Å². The lowest BCUT2D eigenvalue weighted by Crippen LogP contribution is -2.50. The molecule has 6 heteroatoms. The van der Waals surface area contributed by atoms with Gasteiger partial charge in [-0.15, -0.1) is 0 Å². The van der Waals surface area contributed by atoms with E-state index in [0.717, 1.165) is 0 Å². The Labute approximate surface area is 96.4 Å². The van der Waals surface area contributed by atoms with E-state index in [1.54, 1.807) is 0 Å². The number of amides is 2. The van der Waals surface area contributed by atoms with Crippen LogP contribution in [-0.2, 0) is 9.53 Å². The van der Waals surface area contributed by atoms with Crippen molar-refractivity contribution in [3.63, 3.8) is 0 Å². The largest absolute Gasteiger partial charge is 0.466 e. The molecule has 0 saturated carbocycles. The summed E-state index contributed by atoms with van der Waals surface area (Å²) < 4.78 is 4.68. The highest BCUT2D eigenvalue weighted by molar-refractivity contribution is 9.09. The highest BCUT2D eigenvalue weighted by Crippen LogP contribution is 2.17. The molecule has 0 aromatic rings. The fourth-order valence-electron chi connectivity index (χ4n) is 1.47. The lowest BCUT2D eigenvalue weighted by atomic mass is 10.0. The predicted molar refractivity (Wildman–Crippen MR) is 58.6 cm³/mol. The molecular weight excluding hydrogens is 264 g/mol. The van der Waals surface area contributed by atoms with Gasteiger partial charge < -0.3 is 15.4 Å². The van der Waals surface area contributed by atoms with E-state index in [1.807, 2.05) is 6.92 Å². The quantitative estimate of drug-likeness (QED) is 0.595. The molecule has 0 bridgehead atoms. The molecule has 2 amide bonds. The number of ether oxygens (including phenoxy) is 1. The van der Waals surface area contributed by atoms with Crippen LogP contribution in [0, 0.1) is 0 Å². The summed E-state index contributed by atoms with van der Waals surface area (Å²) in [7, 11) is 1.32. The Morgan fingerprint density at radius 3 is 2.73 bits per heavy atom. The average Bonchev–Trinajstić information content (AvgIpc) is 2.26. The van der Waals surface area contributed by atoms with E-state index in [4.69, 9.17) is 0 Å². The molecule has 0 radical (unpaired) electrons. The molecule has 0 unspecified atom stereocenters. The number of carbonyl (C=O) groups excluding carboxylic acids is 2. The maximum Gasteiger partial charge on any atom is 0.337 e. The number of halogens is 1. The zero-order chi connectivity index (χ0) is 11.4. The Morgan fingerprint density at radius 1 is 1.60 bits per heavy atom. The van der Waals surface area contributed by atoms with Crippen molar-refractivity contribution < 1.29 is 14.3 Å². The van der Waals surface area contributed by atoms with Crippen molar-refractivity contribution in [2.24, 2.45) is 0 Å². The molecule has 1 rings (SSSR count). The summed E-state index contributed by atoms with van der Waals surface area (Å²) in [6.07, 6.45) is 0.647. The number of urea groups is 1. The predicted octanol–water partition coefficient (Wildman–Crippen LogP) is 0.900. The minimum atomic E-state index is -0.413. The van der Waals surface area contributed by atoms with Crippen LogP contribution in [-0.4, -0.2) is 30.5 Å². The molecule has 1 aliphatic heterocycles.